The molecule has 0 unspecified atom stereocenters. The van der Waals surface area contributed by atoms with E-state index in [9.17, 15) is 25.0 Å². The van der Waals surface area contributed by atoms with Crippen molar-refractivity contribution < 1.29 is 28.5 Å². The summed E-state index contributed by atoms with van der Waals surface area (Å²) in [5.74, 6) is 0.803. The highest BCUT2D eigenvalue weighted by Crippen LogP contribution is 2.39. The maximum Gasteiger partial charge on any atom is 0.315 e. The van der Waals surface area contributed by atoms with E-state index in [1.165, 1.54) is 56.8 Å². The predicted octanol–water partition coefficient (Wildman–Crippen LogP) is 6.10. The Kier molecular flexibility index (Phi) is 7.82. The Morgan fingerprint density at radius 2 is 1.65 bits per heavy atom. The van der Waals surface area contributed by atoms with Gasteiger partial charge in [-0.05, 0) is 54.1 Å². The molecule has 6 rings (SSSR count). The van der Waals surface area contributed by atoms with Crippen LogP contribution in [0.4, 0.5) is 11.4 Å². The smallest absolute Gasteiger partial charge is 0.315 e. The fourth-order valence-corrected chi connectivity index (χ4v) is 4.82. The minimum atomic E-state index is -0.637. The number of hydrogen-bond donors (Lipinski definition) is 0. The normalized spacial score (nSPS) is 11.3. The Morgan fingerprint density at radius 3 is 2.37 bits per heavy atom. The first-order valence-electron chi connectivity index (χ1n) is 13.6. The largest absolute Gasteiger partial charge is 0.496 e. The summed E-state index contributed by atoms with van der Waals surface area (Å²) in [4.78, 5) is 40.2. The van der Waals surface area contributed by atoms with Gasteiger partial charge in [0, 0.05) is 23.8 Å². The van der Waals surface area contributed by atoms with Crippen LogP contribution >= 0.6 is 0 Å². The lowest BCUT2D eigenvalue weighted by Crippen LogP contribution is -2.20. The molecule has 0 saturated heterocycles. The molecule has 2 heterocycles. The first-order valence-corrected chi connectivity index (χ1v) is 13.6. The number of nitro groups is 2. The highest BCUT2D eigenvalue weighted by molar-refractivity contribution is 5.89. The monoisotopic (exact) mass is 621 g/mol. The lowest BCUT2D eigenvalue weighted by atomic mass is 10.1. The molecule has 2 aromatic heterocycles. The van der Waals surface area contributed by atoms with E-state index < -0.39 is 21.1 Å². The van der Waals surface area contributed by atoms with E-state index in [1.54, 1.807) is 48.5 Å². The number of methoxy groups -OCH3 is 2. The number of nitro benzene ring substituents is 2. The lowest BCUT2D eigenvalue weighted by Gasteiger charge is -2.12. The van der Waals surface area contributed by atoms with Crippen molar-refractivity contribution in [2.75, 3.05) is 14.2 Å². The molecular formula is C32H23N5O9. The Labute approximate surface area is 259 Å². The molecule has 0 atom stereocenters. The second kappa shape index (κ2) is 12.2. The number of furan rings is 1. The van der Waals surface area contributed by atoms with Gasteiger partial charge in [0.1, 0.15) is 17.9 Å². The average molecular weight is 622 g/mol. The number of ether oxygens (including phenoxy) is 3. The zero-order chi connectivity index (χ0) is 32.4. The van der Waals surface area contributed by atoms with Crippen molar-refractivity contribution in [3.63, 3.8) is 0 Å². The van der Waals surface area contributed by atoms with Gasteiger partial charge in [-0.3, -0.25) is 25.0 Å². The summed E-state index contributed by atoms with van der Waals surface area (Å²) < 4.78 is 23.7. The van der Waals surface area contributed by atoms with Gasteiger partial charge in [-0.15, -0.1) is 0 Å². The molecule has 14 nitrogen and oxygen atoms in total. The molecule has 14 heteroatoms. The summed E-state index contributed by atoms with van der Waals surface area (Å²) >= 11 is 0. The van der Waals surface area contributed by atoms with Crippen LogP contribution in [0, 0.1) is 20.2 Å². The predicted molar refractivity (Wildman–Crippen MR) is 168 cm³/mol. The first-order chi connectivity index (χ1) is 22.3. The van der Waals surface area contributed by atoms with Crippen LogP contribution in [0.5, 0.6) is 17.2 Å². The SMILES string of the molecule is COc1cc(C=Nn2c(-c3cc4c(OC)cccc4o3)nc3ccccc3c2=O)cc([N+](=O)[O-])c1OCc1ccc([N+](=O)[O-])cc1. The summed E-state index contributed by atoms with van der Waals surface area (Å²) in [7, 11) is 2.86. The Balaban J connectivity index is 1.41. The van der Waals surface area contributed by atoms with E-state index in [2.05, 4.69) is 10.1 Å². The molecule has 0 amide bonds. The molecule has 0 spiro atoms. The van der Waals surface area contributed by atoms with Gasteiger partial charge in [0.25, 0.3) is 11.2 Å². The van der Waals surface area contributed by atoms with Gasteiger partial charge in [0.2, 0.25) is 11.6 Å². The van der Waals surface area contributed by atoms with Crippen LogP contribution in [0.2, 0.25) is 0 Å². The number of aromatic nitrogens is 2. The molecule has 0 aliphatic heterocycles. The number of para-hydroxylation sites is 1. The van der Waals surface area contributed by atoms with Crippen LogP contribution in [0.3, 0.4) is 0 Å². The van der Waals surface area contributed by atoms with Crippen molar-refractivity contribution in [2.24, 2.45) is 5.10 Å². The molecule has 0 saturated carbocycles. The molecule has 0 N–H and O–H groups in total. The van der Waals surface area contributed by atoms with Crippen LogP contribution in [0.15, 0.2) is 99.2 Å². The Hall–Kier alpha value is -6.57. The number of rotatable bonds is 10. The molecule has 0 fully saturated rings. The third-order valence-corrected chi connectivity index (χ3v) is 7.04. The first kappa shape index (κ1) is 29.5. The van der Waals surface area contributed by atoms with Crippen molar-refractivity contribution in [1.29, 1.82) is 0 Å². The fraction of sp³-hybridized carbons (Fsp3) is 0.0938. The van der Waals surface area contributed by atoms with Gasteiger partial charge in [-0.2, -0.15) is 9.78 Å². The molecule has 6 aromatic rings. The molecule has 0 aliphatic carbocycles. The highest BCUT2D eigenvalue weighted by Gasteiger charge is 2.23. The van der Waals surface area contributed by atoms with Gasteiger partial charge < -0.3 is 18.6 Å². The molecule has 46 heavy (non-hydrogen) atoms. The highest BCUT2D eigenvalue weighted by atomic mass is 16.6. The average Bonchev–Trinajstić information content (AvgIpc) is 3.51. The second-order valence-electron chi connectivity index (χ2n) is 9.84. The summed E-state index contributed by atoms with van der Waals surface area (Å²) in [6.07, 6.45) is 1.26. The molecule has 4 aromatic carbocycles. The van der Waals surface area contributed by atoms with E-state index in [-0.39, 0.29) is 40.9 Å². The maximum absolute atomic E-state index is 13.7. The third-order valence-electron chi connectivity index (χ3n) is 7.04. The van der Waals surface area contributed by atoms with Crippen LogP contribution in [-0.4, -0.2) is 39.9 Å². The Bertz CT molecular complexity index is 2220. The van der Waals surface area contributed by atoms with E-state index in [4.69, 9.17) is 18.6 Å². The molecule has 0 radical (unpaired) electrons. The van der Waals surface area contributed by atoms with E-state index in [0.29, 0.717) is 33.2 Å². The molecular weight excluding hydrogens is 598 g/mol. The number of benzene rings is 4. The number of nitrogens with zero attached hydrogens (tertiary/aromatic N) is 5. The lowest BCUT2D eigenvalue weighted by molar-refractivity contribution is -0.386. The van der Waals surface area contributed by atoms with E-state index in [1.807, 2.05) is 0 Å². The summed E-state index contributed by atoms with van der Waals surface area (Å²) in [5, 5.41) is 28.4. The fourth-order valence-electron chi connectivity index (χ4n) is 4.82. The van der Waals surface area contributed by atoms with Crippen LogP contribution in [-0.2, 0) is 6.61 Å². The minimum Gasteiger partial charge on any atom is -0.496 e. The minimum absolute atomic E-state index is 0.0335. The van der Waals surface area contributed by atoms with Gasteiger partial charge in [0.15, 0.2) is 11.5 Å². The van der Waals surface area contributed by atoms with Gasteiger partial charge >= 0.3 is 5.69 Å². The van der Waals surface area contributed by atoms with Crippen LogP contribution < -0.4 is 19.8 Å². The zero-order valence-corrected chi connectivity index (χ0v) is 24.3. The quantitative estimate of drug-likeness (QED) is 0.0986. The molecule has 0 aliphatic rings. The second-order valence-corrected chi connectivity index (χ2v) is 9.84. The standard InChI is InChI=1S/C32H23N5O9/c1-43-26-8-5-9-27-23(26)16-29(46-27)31-34-24-7-4-3-6-22(24)32(38)35(31)33-17-20-14-25(37(41)42)30(28(15-20)44-2)45-18-19-10-12-21(13-11-19)36(39)40/h3-17H,18H2,1-2H3. The van der Waals surface area contributed by atoms with Crippen molar-refractivity contribution in [3.8, 4) is 28.8 Å². The zero-order valence-electron chi connectivity index (χ0n) is 24.3. The van der Waals surface area contributed by atoms with E-state index >= 15 is 0 Å². The van der Waals surface area contributed by atoms with Crippen LogP contribution in [0.25, 0.3) is 33.5 Å². The van der Waals surface area contributed by atoms with Gasteiger partial charge in [-0.25, -0.2) is 4.98 Å². The van der Waals surface area contributed by atoms with E-state index in [0.717, 1.165) is 4.68 Å². The summed E-state index contributed by atoms with van der Waals surface area (Å²) in [5.41, 5.74) is 0.699. The Morgan fingerprint density at radius 1 is 0.891 bits per heavy atom. The van der Waals surface area contributed by atoms with Gasteiger partial charge in [-0.1, -0.05) is 18.2 Å². The van der Waals surface area contributed by atoms with Crippen LogP contribution in [0.1, 0.15) is 11.1 Å². The van der Waals surface area contributed by atoms with Crippen molar-refractivity contribution in [1.82, 2.24) is 9.66 Å². The topological polar surface area (TPSA) is 174 Å². The van der Waals surface area contributed by atoms with Gasteiger partial charge in [0.05, 0.1) is 46.6 Å². The molecule has 230 valence electrons. The van der Waals surface area contributed by atoms with Crippen molar-refractivity contribution >= 4 is 39.5 Å². The molecule has 0 bridgehead atoms. The van der Waals surface area contributed by atoms with Crippen molar-refractivity contribution in [2.45, 2.75) is 6.61 Å². The maximum atomic E-state index is 13.7. The number of fused-ring (bicyclic) bond motifs is 2. The summed E-state index contributed by atoms with van der Waals surface area (Å²) in [6, 6.07) is 22.1. The third kappa shape index (κ3) is 5.57. The number of hydrogen-bond acceptors (Lipinski definition) is 11. The summed E-state index contributed by atoms with van der Waals surface area (Å²) in [6.45, 7) is -0.119. The van der Waals surface area contributed by atoms with Crippen molar-refractivity contribution in [3.05, 3.63) is 127 Å². The number of non-ortho nitro benzene ring substituents is 1.